The van der Waals surface area contributed by atoms with Crippen LogP contribution in [0.5, 0.6) is 5.75 Å². The zero-order valence-electron chi connectivity index (χ0n) is 14.0. The minimum atomic E-state index is -0.0337. The molecule has 0 spiro atoms. The molecule has 0 aliphatic carbocycles. The lowest BCUT2D eigenvalue weighted by Gasteiger charge is -2.26. The maximum atomic E-state index is 12.1. The predicted molar refractivity (Wildman–Crippen MR) is 106 cm³/mol. The molecule has 3 rings (SSSR count). The maximum Gasteiger partial charge on any atom is 0.260 e. The summed E-state index contributed by atoms with van der Waals surface area (Å²) < 4.78 is 11.7. The molecule has 0 unspecified atom stereocenters. The second-order valence-corrected chi connectivity index (χ2v) is 7.00. The Bertz CT molecular complexity index is 790. The summed E-state index contributed by atoms with van der Waals surface area (Å²) in [4.78, 5) is 18.3. The first kappa shape index (κ1) is 18.9. The Morgan fingerprint density at radius 1 is 1.23 bits per heavy atom. The molecule has 1 fully saturated rings. The molecule has 136 valence electrons. The molecule has 1 aliphatic rings. The number of morpholine rings is 1. The molecule has 1 heterocycles. The van der Waals surface area contributed by atoms with Crippen LogP contribution in [0.1, 0.15) is 5.56 Å². The maximum absolute atomic E-state index is 12.1. The third-order valence-electron chi connectivity index (χ3n) is 3.86. The van der Waals surface area contributed by atoms with Crippen molar-refractivity contribution in [1.29, 1.82) is 0 Å². The molecular weight excluding hydrogens is 420 g/mol. The fraction of sp³-hybridized carbons (Fsp3) is 0.263. The highest BCUT2D eigenvalue weighted by Crippen LogP contribution is 2.26. The molecule has 1 amide bonds. The zero-order valence-corrected chi connectivity index (χ0v) is 16.4. The number of aliphatic imine (C=N–C) groups is 1. The lowest BCUT2D eigenvalue weighted by molar-refractivity contribution is -0.137. The van der Waals surface area contributed by atoms with Gasteiger partial charge in [0.2, 0.25) is 0 Å². The van der Waals surface area contributed by atoms with Gasteiger partial charge in [-0.25, -0.2) is 0 Å². The third kappa shape index (κ3) is 5.30. The van der Waals surface area contributed by atoms with Crippen molar-refractivity contribution in [2.45, 2.75) is 0 Å². The molecular formula is C19H18BrClN2O3. The van der Waals surface area contributed by atoms with Gasteiger partial charge in [0.15, 0.2) is 6.61 Å². The van der Waals surface area contributed by atoms with E-state index < -0.39 is 0 Å². The van der Waals surface area contributed by atoms with Crippen molar-refractivity contribution in [3.63, 3.8) is 0 Å². The van der Waals surface area contributed by atoms with Crippen LogP contribution in [-0.2, 0) is 9.53 Å². The minimum Gasteiger partial charge on any atom is -0.483 e. The predicted octanol–water partition coefficient (Wildman–Crippen LogP) is 4.09. The van der Waals surface area contributed by atoms with Gasteiger partial charge in [0.05, 0.1) is 23.4 Å². The van der Waals surface area contributed by atoms with Gasteiger partial charge in [-0.05, 0) is 64.0 Å². The molecule has 0 bridgehead atoms. The van der Waals surface area contributed by atoms with Crippen molar-refractivity contribution >= 4 is 45.3 Å². The fourth-order valence-corrected chi connectivity index (χ4v) is 3.07. The summed E-state index contributed by atoms with van der Waals surface area (Å²) in [6.07, 6.45) is 1.76. The van der Waals surface area contributed by atoms with E-state index in [2.05, 4.69) is 20.9 Å². The Morgan fingerprint density at radius 2 is 1.96 bits per heavy atom. The summed E-state index contributed by atoms with van der Waals surface area (Å²) in [7, 11) is 0. The standard InChI is InChI=1S/C19H18BrClN2O3/c20-17-11-14(12-22-16-4-2-15(21)3-5-16)1-6-18(17)26-13-19(24)23-7-9-25-10-8-23/h1-6,11-12H,7-10,13H2. The summed E-state index contributed by atoms with van der Waals surface area (Å²) in [6.45, 7) is 2.40. The Morgan fingerprint density at radius 3 is 2.65 bits per heavy atom. The van der Waals surface area contributed by atoms with E-state index in [0.29, 0.717) is 37.1 Å². The molecule has 0 atom stereocenters. The molecule has 5 nitrogen and oxygen atoms in total. The molecule has 0 N–H and O–H groups in total. The Labute approximate surface area is 165 Å². The zero-order chi connectivity index (χ0) is 18.4. The van der Waals surface area contributed by atoms with E-state index in [1.807, 2.05) is 30.3 Å². The van der Waals surface area contributed by atoms with E-state index >= 15 is 0 Å². The highest BCUT2D eigenvalue weighted by molar-refractivity contribution is 9.10. The van der Waals surface area contributed by atoms with E-state index in [-0.39, 0.29) is 12.5 Å². The number of nitrogens with zero attached hydrogens (tertiary/aromatic N) is 2. The summed E-state index contributed by atoms with van der Waals surface area (Å²) in [6, 6.07) is 12.9. The number of carbonyl (C=O) groups is 1. The molecule has 0 aromatic heterocycles. The van der Waals surface area contributed by atoms with Crippen LogP contribution in [-0.4, -0.2) is 49.9 Å². The molecule has 1 aliphatic heterocycles. The van der Waals surface area contributed by atoms with Gasteiger partial charge < -0.3 is 14.4 Å². The van der Waals surface area contributed by atoms with E-state index in [9.17, 15) is 4.79 Å². The number of halogens is 2. The first-order valence-electron chi connectivity index (χ1n) is 8.19. The number of rotatable bonds is 5. The Hall–Kier alpha value is -1.89. The molecule has 0 saturated carbocycles. The normalized spacial score (nSPS) is 14.6. The number of carbonyl (C=O) groups excluding carboxylic acids is 1. The van der Waals surface area contributed by atoms with Crippen LogP contribution in [0.25, 0.3) is 0 Å². The van der Waals surface area contributed by atoms with Gasteiger partial charge in [-0.15, -0.1) is 0 Å². The molecule has 7 heteroatoms. The molecule has 2 aromatic rings. The van der Waals surface area contributed by atoms with Crippen molar-refractivity contribution in [1.82, 2.24) is 4.90 Å². The SMILES string of the molecule is O=C(COc1ccc(C=Nc2ccc(Cl)cc2)cc1Br)N1CCOCC1. The van der Waals surface area contributed by atoms with Crippen LogP contribution in [0.4, 0.5) is 5.69 Å². The largest absolute Gasteiger partial charge is 0.483 e. The monoisotopic (exact) mass is 436 g/mol. The van der Waals surface area contributed by atoms with Gasteiger partial charge in [-0.1, -0.05) is 11.6 Å². The second kappa shape index (κ2) is 9.16. The van der Waals surface area contributed by atoms with Gasteiger partial charge in [0, 0.05) is 24.3 Å². The fourth-order valence-electron chi connectivity index (χ4n) is 2.43. The van der Waals surface area contributed by atoms with Gasteiger partial charge in [-0.2, -0.15) is 0 Å². The highest BCUT2D eigenvalue weighted by atomic mass is 79.9. The van der Waals surface area contributed by atoms with E-state index in [0.717, 1.165) is 15.7 Å². The summed E-state index contributed by atoms with van der Waals surface area (Å²) in [5.41, 5.74) is 1.74. The van der Waals surface area contributed by atoms with Gasteiger partial charge >= 0.3 is 0 Å². The number of ether oxygens (including phenoxy) is 2. The van der Waals surface area contributed by atoms with Crippen molar-refractivity contribution in [2.24, 2.45) is 4.99 Å². The second-order valence-electron chi connectivity index (χ2n) is 5.71. The third-order valence-corrected chi connectivity index (χ3v) is 4.73. The average Bonchev–Trinajstić information content (AvgIpc) is 2.67. The van der Waals surface area contributed by atoms with E-state index in [1.54, 1.807) is 23.2 Å². The smallest absolute Gasteiger partial charge is 0.260 e. The van der Waals surface area contributed by atoms with Crippen LogP contribution in [0, 0.1) is 0 Å². The Balaban J connectivity index is 1.58. The van der Waals surface area contributed by atoms with Crippen LogP contribution >= 0.6 is 27.5 Å². The van der Waals surface area contributed by atoms with Gasteiger partial charge in [0.1, 0.15) is 5.75 Å². The van der Waals surface area contributed by atoms with Crippen LogP contribution in [0.15, 0.2) is 51.9 Å². The van der Waals surface area contributed by atoms with Crippen molar-refractivity contribution in [3.05, 3.63) is 57.5 Å². The van der Waals surface area contributed by atoms with Crippen molar-refractivity contribution < 1.29 is 14.3 Å². The molecule has 26 heavy (non-hydrogen) atoms. The van der Waals surface area contributed by atoms with Crippen LogP contribution in [0.3, 0.4) is 0 Å². The number of hydrogen-bond acceptors (Lipinski definition) is 4. The van der Waals surface area contributed by atoms with Crippen LogP contribution in [0.2, 0.25) is 5.02 Å². The number of benzene rings is 2. The summed E-state index contributed by atoms with van der Waals surface area (Å²) in [5, 5.41) is 0.680. The van der Waals surface area contributed by atoms with Gasteiger partial charge in [-0.3, -0.25) is 9.79 Å². The number of hydrogen-bond donors (Lipinski definition) is 0. The Kier molecular flexibility index (Phi) is 6.66. The minimum absolute atomic E-state index is 0.0107. The van der Waals surface area contributed by atoms with Crippen molar-refractivity contribution in [3.8, 4) is 5.75 Å². The number of amides is 1. The van der Waals surface area contributed by atoms with E-state index in [1.165, 1.54) is 0 Å². The average molecular weight is 438 g/mol. The summed E-state index contributed by atoms with van der Waals surface area (Å²) >= 11 is 9.34. The first-order chi connectivity index (χ1) is 12.6. The quantitative estimate of drug-likeness (QED) is 0.662. The topological polar surface area (TPSA) is 51.1 Å². The molecule has 0 radical (unpaired) electrons. The van der Waals surface area contributed by atoms with Crippen LogP contribution < -0.4 is 4.74 Å². The van der Waals surface area contributed by atoms with E-state index in [4.69, 9.17) is 21.1 Å². The van der Waals surface area contributed by atoms with Gasteiger partial charge in [0.25, 0.3) is 5.91 Å². The lowest BCUT2D eigenvalue weighted by Crippen LogP contribution is -2.43. The molecule has 2 aromatic carbocycles. The lowest BCUT2D eigenvalue weighted by atomic mass is 10.2. The molecule has 1 saturated heterocycles. The first-order valence-corrected chi connectivity index (χ1v) is 9.36. The summed E-state index contributed by atoms with van der Waals surface area (Å²) in [5.74, 6) is 0.587. The van der Waals surface area contributed by atoms with Crippen molar-refractivity contribution in [2.75, 3.05) is 32.9 Å². The highest BCUT2D eigenvalue weighted by Gasteiger charge is 2.17.